The maximum Gasteiger partial charge on any atom is 0.270 e. The number of carbonyl (C=O) groups excluding carboxylic acids is 1. The molecule has 2 aromatic rings. The molecule has 0 saturated heterocycles. The van der Waals surface area contributed by atoms with E-state index in [4.69, 9.17) is 0 Å². The van der Waals surface area contributed by atoms with Crippen molar-refractivity contribution in [2.75, 3.05) is 11.9 Å². The fourth-order valence-corrected chi connectivity index (χ4v) is 3.44. The van der Waals surface area contributed by atoms with Gasteiger partial charge in [0.15, 0.2) is 0 Å². The molecule has 144 valence electrons. The Labute approximate surface area is 159 Å². The molecule has 1 aromatic heterocycles. The van der Waals surface area contributed by atoms with Crippen LogP contribution in [0.3, 0.4) is 0 Å². The number of aromatic nitrogens is 2. The summed E-state index contributed by atoms with van der Waals surface area (Å²) < 4.78 is 13.0. The van der Waals surface area contributed by atoms with E-state index in [-0.39, 0.29) is 17.8 Å². The number of carbonyl (C=O) groups is 1. The predicted octanol–water partition coefficient (Wildman–Crippen LogP) is 4.03. The van der Waals surface area contributed by atoms with Crippen molar-refractivity contribution in [3.8, 4) is 0 Å². The van der Waals surface area contributed by atoms with Crippen molar-refractivity contribution in [1.82, 2.24) is 15.3 Å². The number of aryl methyl sites for hydroxylation is 1. The highest BCUT2D eigenvalue weighted by atomic mass is 19.1. The van der Waals surface area contributed by atoms with E-state index in [1.54, 1.807) is 25.1 Å². The van der Waals surface area contributed by atoms with Crippen LogP contribution in [0.1, 0.15) is 60.4 Å². The first-order chi connectivity index (χ1) is 13.1. The number of halogens is 1. The van der Waals surface area contributed by atoms with Gasteiger partial charge in [-0.1, -0.05) is 37.8 Å². The second kappa shape index (κ2) is 9.44. The number of amides is 1. The van der Waals surface area contributed by atoms with Gasteiger partial charge in [-0.05, 0) is 43.9 Å². The molecule has 1 heterocycles. The number of nitrogens with zero attached hydrogens (tertiary/aromatic N) is 2. The Morgan fingerprint density at radius 3 is 2.52 bits per heavy atom. The van der Waals surface area contributed by atoms with E-state index in [1.165, 1.54) is 37.8 Å². The lowest BCUT2D eigenvalue weighted by Gasteiger charge is -2.16. The number of hydrogen-bond acceptors (Lipinski definition) is 4. The normalized spacial score (nSPS) is 15.2. The second-order valence-corrected chi connectivity index (χ2v) is 7.15. The molecule has 1 fully saturated rings. The summed E-state index contributed by atoms with van der Waals surface area (Å²) >= 11 is 0. The van der Waals surface area contributed by atoms with E-state index >= 15 is 0 Å². The van der Waals surface area contributed by atoms with Gasteiger partial charge in [0.05, 0.1) is 0 Å². The highest BCUT2D eigenvalue weighted by Crippen LogP contribution is 2.18. The number of hydrogen-bond donors (Lipinski definition) is 2. The van der Waals surface area contributed by atoms with Gasteiger partial charge >= 0.3 is 0 Å². The Morgan fingerprint density at radius 1 is 1.11 bits per heavy atom. The SMILES string of the molecule is Cc1nc(NCCc2ccc(F)cc2)cc(C(=O)NC2CCCCCC2)n1. The zero-order valence-electron chi connectivity index (χ0n) is 15.8. The quantitative estimate of drug-likeness (QED) is 0.754. The van der Waals surface area contributed by atoms with Crippen LogP contribution in [0.15, 0.2) is 30.3 Å². The molecule has 1 saturated carbocycles. The summed E-state index contributed by atoms with van der Waals surface area (Å²) in [5, 5.41) is 6.36. The second-order valence-electron chi connectivity index (χ2n) is 7.15. The molecule has 0 atom stereocenters. The Kier molecular flexibility index (Phi) is 6.74. The van der Waals surface area contributed by atoms with Crippen molar-refractivity contribution in [2.45, 2.75) is 57.9 Å². The molecule has 6 heteroatoms. The maximum atomic E-state index is 13.0. The van der Waals surface area contributed by atoms with Gasteiger partial charge in [-0.15, -0.1) is 0 Å². The number of nitrogens with one attached hydrogen (secondary N) is 2. The minimum atomic E-state index is -0.234. The van der Waals surface area contributed by atoms with Crippen molar-refractivity contribution < 1.29 is 9.18 Å². The first kappa shape index (κ1) is 19.3. The summed E-state index contributed by atoms with van der Waals surface area (Å²) in [6.45, 7) is 2.43. The van der Waals surface area contributed by atoms with Gasteiger partial charge in [-0.25, -0.2) is 14.4 Å². The molecular weight excluding hydrogens is 343 g/mol. The number of rotatable bonds is 6. The van der Waals surface area contributed by atoms with Gasteiger partial charge in [0, 0.05) is 18.7 Å². The lowest BCUT2D eigenvalue weighted by molar-refractivity contribution is 0.0928. The van der Waals surface area contributed by atoms with Crippen LogP contribution in [0.2, 0.25) is 0 Å². The van der Waals surface area contributed by atoms with E-state index in [2.05, 4.69) is 20.6 Å². The summed E-state index contributed by atoms with van der Waals surface area (Å²) in [7, 11) is 0. The van der Waals surface area contributed by atoms with Gasteiger partial charge in [-0.2, -0.15) is 0 Å². The Morgan fingerprint density at radius 2 is 1.81 bits per heavy atom. The number of anilines is 1. The predicted molar refractivity (Wildman–Crippen MR) is 104 cm³/mol. The number of benzene rings is 1. The zero-order chi connectivity index (χ0) is 19.1. The van der Waals surface area contributed by atoms with Gasteiger partial charge in [0.25, 0.3) is 5.91 Å². The lowest BCUT2D eigenvalue weighted by Crippen LogP contribution is -2.35. The van der Waals surface area contributed by atoms with Gasteiger partial charge in [0.1, 0.15) is 23.2 Å². The van der Waals surface area contributed by atoms with Gasteiger partial charge < -0.3 is 10.6 Å². The summed E-state index contributed by atoms with van der Waals surface area (Å²) in [4.78, 5) is 21.2. The van der Waals surface area contributed by atoms with Crippen LogP contribution in [0, 0.1) is 12.7 Å². The van der Waals surface area contributed by atoms with Gasteiger partial charge in [0.2, 0.25) is 0 Å². The average molecular weight is 370 g/mol. The van der Waals surface area contributed by atoms with Gasteiger partial charge in [-0.3, -0.25) is 4.79 Å². The molecule has 2 N–H and O–H groups in total. The van der Waals surface area contributed by atoms with Crippen molar-refractivity contribution in [3.63, 3.8) is 0 Å². The molecule has 5 nitrogen and oxygen atoms in total. The molecule has 1 aliphatic carbocycles. The third-order valence-electron chi connectivity index (χ3n) is 4.89. The monoisotopic (exact) mass is 370 g/mol. The summed E-state index contributed by atoms with van der Waals surface area (Å²) in [6, 6.07) is 8.40. The van der Waals surface area contributed by atoms with E-state index in [9.17, 15) is 9.18 Å². The fourth-order valence-electron chi connectivity index (χ4n) is 3.44. The topological polar surface area (TPSA) is 66.9 Å². The van der Waals surface area contributed by atoms with Crippen LogP contribution < -0.4 is 10.6 Å². The molecular formula is C21H27FN4O. The zero-order valence-corrected chi connectivity index (χ0v) is 15.8. The molecule has 1 amide bonds. The molecule has 1 aliphatic rings. The van der Waals surface area contributed by atoms with Crippen LogP contribution in [0.5, 0.6) is 0 Å². The molecule has 0 bridgehead atoms. The third-order valence-corrected chi connectivity index (χ3v) is 4.89. The smallest absolute Gasteiger partial charge is 0.270 e. The first-order valence-electron chi connectivity index (χ1n) is 9.75. The molecule has 0 radical (unpaired) electrons. The van der Waals surface area contributed by atoms with Crippen molar-refractivity contribution >= 4 is 11.7 Å². The molecule has 27 heavy (non-hydrogen) atoms. The third kappa shape index (κ3) is 6.01. The minimum absolute atomic E-state index is 0.131. The van der Waals surface area contributed by atoms with E-state index in [0.29, 0.717) is 23.9 Å². The lowest BCUT2D eigenvalue weighted by atomic mass is 10.1. The average Bonchev–Trinajstić information content (AvgIpc) is 2.91. The fraction of sp³-hybridized carbons (Fsp3) is 0.476. The highest BCUT2D eigenvalue weighted by molar-refractivity contribution is 5.93. The van der Waals surface area contributed by atoms with Crippen LogP contribution in [-0.2, 0) is 6.42 Å². The van der Waals surface area contributed by atoms with Crippen LogP contribution >= 0.6 is 0 Å². The Hall–Kier alpha value is -2.50. The van der Waals surface area contributed by atoms with Crippen LogP contribution in [0.25, 0.3) is 0 Å². The summed E-state index contributed by atoms with van der Waals surface area (Å²) in [6.07, 6.45) is 7.67. The van der Waals surface area contributed by atoms with Crippen LogP contribution in [-0.4, -0.2) is 28.5 Å². The highest BCUT2D eigenvalue weighted by Gasteiger charge is 2.17. The first-order valence-corrected chi connectivity index (χ1v) is 9.75. The van der Waals surface area contributed by atoms with Crippen molar-refractivity contribution in [1.29, 1.82) is 0 Å². The molecule has 0 aliphatic heterocycles. The Balaban J connectivity index is 1.57. The minimum Gasteiger partial charge on any atom is -0.370 e. The van der Waals surface area contributed by atoms with Crippen molar-refractivity contribution in [2.24, 2.45) is 0 Å². The van der Waals surface area contributed by atoms with Crippen LogP contribution in [0.4, 0.5) is 10.2 Å². The molecule has 3 rings (SSSR count). The van der Waals surface area contributed by atoms with E-state index < -0.39 is 0 Å². The van der Waals surface area contributed by atoms with E-state index in [1.807, 2.05) is 0 Å². The van der Waals surface area contributed by atoms with Crippen molar-refractivity contribution in [3.05, 3.63) is 53.2 Å². The largest absolute Gasteiger partial charge is 0.370 e. The molecule has 0 spiro atoms. The van der Waals surface area contributed by atoms with E-state index in [0.717, 1.165) is 24.8 Å². The molecule has 1 aromatic carbocycles. The maximum absolute atomic E-state index is 13.0. The Bertz CT molecular complexity index is 755. The molecule has 0 unspecified atom stereocenters. The standard InChI is InChI=1S/C21H27FN4O/c1-15-24-19(21(27)26-18-6-4-2-3-5-7-18)14-20(25-15)23-13-12-16-8-10-17(22)11-9-16/h8-11,14,18H,2-7,12-13H2,1H3,(H,26,27)(H,23,24,25). The summed E-state index contributed by atoms with van der Waals surface area (Å²) in [5.41, 5.74) is 1.44. The summed E-state index contributed by atoms with van der Waals surface area (Å²) in [5.74, 6) is 0.833.